The molecule has 0 aromatic carbocycles. The molecular weight excluding hydrogens is 216 g/mol. The Morgan fingerprint density at radius 2 is 2.06 bits per heavy atom. The first kappa shape index (κ1) is 12.7. The third-order valence-corrected chi connectivity index (χ3v) is 3.70. The average molecular weight is 240 g/mol. The number of alkyl carbamates (subject to hydrolysis) is 1. The van der Waals surface area contributed by atoms with Crippen LogP contribution in [0.5, 0.6) is 0 Å². The zero-order valence-electron chi connectivity index (χ0n) is 11.1. The molecule has 17 heavy (non-hydrogen) atoms. The van der Waals surface area contributed by atoms with Crippen molar-refractivity contribution in [2.75, 3.05) is 13.1 Å². The molecule has 98 valence electrons. The Hall–Kier alpha value is -0.770. The van der Waals surface area contributed by atoms with Crippen LogP contribution < -0.4 is 10.6 Å². The smallest absolute Gasteiger partial charge is 0.407 e. The van der Waals surface area contributed by atoms with Gasteiger partial charge in [0.2, 0.25) is 0 Å². The maximum atomic E-state index is 11.8. The van der Waals surface area contributed by atoms with Crippen molar-refractivity contribution in [1.82, 2.24) is 10.6 Å². The van der Waals surface area contributed by atoms with Gasteiger partial charge >= 0.3 is 6.09 Å². The van der Waals surface area contributed by atoms with Crippen LogP contribution in [0, 0.1) is 11.8 Å². The molecule has 4 nitrogen and oxygen atoms in total. The van der Waals surface area contributed by atoms with E-state index in [4.69, 9.17) is 4.74 Å². The van der Waals surface area contributed by atoms with Gasteiger partial charge in [0, 0.05) is 12.6 Å². The molecule has 1 amide bonds. The summed E-state index contributed by atoms with van der Waals surface area (Å²) in [6, 6.07) is 0.290. The molecule has 0 radical (unpaired) electrons. The van der Waals surface area contributed by atoms with Gasteiger partial charge in [0.25, 0.3) is 0 Å². The molecule has 0 spiro atoms. The lowest BCUT2D eigenvalue weighted by atomic mass is 9.78. The Kier molecular flexibility index (Phi) is 3.61. The van der Waals surface area contributed by atoms with Crippen LogP contribution in [-0.4, -0.2) is 30.8 Å². The van der Waals surface area contributed by atoms with E-state index < -0.39 is 5.60 Å². The summed E-state index contributed by atoms with van der Waals surface area (Å²) in [5.74, 6) is 1.33. The molecule has 2 rings (SSSR count). The molecule has 1 saturated carbocycles. The Bertz CT molecular complexity index is 286. The minimum Gasteiger partial charge on any atom is -0.444 e. The standard InChI is InChI=1S/C13H24N2O2/c1-13(2,3)17-12(16)15-11-6-4-5-9-7-14-8-10(9)11/h9-11,14H,4-8H2,1-3H3,(H,15,16)/t9-,10-,11-/m1/s1. The van der Waals surface area contributed by atoms with Gasteiger partial charge in [0.05, 0.1) is 0 Å². The first-order chi connectivity index (χ1) is 7.96. The first-order valence-corrected chi connectivity index (χ1v) is 6.66. The van der Waals surface area contributed by atoms with Crippen molar-refractivity contribution in [3.8, 4) is 0 Å². The van der Waals surface area contributed by atoms with Gasteiger partial charge in [0.15, 0.2) is 0 Å². The van der Waals surface area contributed by atoms with Gasteiger partial charge in [-0.25, -0.2) is 4.79 Å². The number of fused-ring (bicyclic) bond motifs is 1. The summed E-state index contributed by atoms with van der Waals surface area (Å²) in [7, 11) is 0. The highest BCUT2D eigenvalue weighted by molar-refractivity contribution is 5.68. The van der Waals surface area contributed by atoms with E-state index in [1.54, 1.807) is 0 Å². The molecule has 4 heteroatoms. The van der Waals surface area contributed by atoms with Gasteiger partial charge in [-0.3, -0.25) is 0 Å². The van der Waals surface area contributed by atoms with Crippen LogP contribution in [0.15, 0.2) is 0 Å². The fraction of sp³-hybridized carbons (Fsp3) is 0.923. The van der Waals surface area contributed by atoms with Crippen LogP contribution in [0.2, 0.25) is 0 Å². The molecule has 2 fully saturated rings. The molecule has 1 aliphatic carbocycles. The number of hydrogen-bond acceptors (Lipinski definition) is 3. The SMILES string of the molecule is CC(C)(C)OC(=O)N[C@@H]1CCC[C@@H]2CNC[C@H]21. The van der Waals surface area contributed by atoms with E-state index >= 15 is 0 Å². The second-order valence-corrected chi connectivity index (χ2v) is 6.27. The predicted molar refractivity (Wildman–Crippen MR) is 66.9 cm³/mol. The highest BCUT2D eigenvalue weighted by Gasteiger charge is 2.37. The number of nitrogens with one attached hydrogen (secondary N) is 2. The lowest BCUT2D eigenvalue weighted by Crippen LogP contribution is -2.47. The molecule has 0 bridgehead atoms. The van der Waals surface area contributed by atoms with Crippen molar-refractivity contribution < 1.29 is 9.53 Å². The first-order valence-electron chi connectivity index (χ1n) is 6.66. The summed E-state index contributed by atoms with van der Waals surface area (Å²) < 4.78 is 5.32. The van der Waals surface area contributed by atoms with Crippen LogP contribution in [0.1, 0.15) is 40.0 Å². The topological polar surface area (TPSA) is 50.4 Å². The van der Waals surface area contributed by atoms with E-state index in [9.17, 15) is 4.79 Å². The maximum Gasteiger partial charge on any atom is 0.407 e. The van der Waals surface area contributed by atoms with E-state index in [2.05, 4.69) is 10.6 Å². The summed E-state index contributed by atoms with van der Waals surface area (Å²) in [4.78, 5) is 11.8. The lowest BCUT2D eigenvalue weighted by Gasteiger charge is -2.34. The third kappa shape index (κ3) is 3.35. The summed E-state index contributed by atoms with van der Waals surface area (Å²) in [5, 5.41) is 6.47. The van der Waals surface area contributed by atoms with Crippen LogP contribution in [0.3, 0.4) is 0 Å². The minimum absolute atomic E-state index is 0.268. The van der Waals surface area contributed by atoms with Gasteiger partial charge < -0.3 is 15.4 Å². The van der Waals surface area contributed by atoms with E-state index in [0.717, 1.165) is 25.4 Å². The molecule has 0 unspecified atom stereocenters. The Morgan fingerprint density at radius 3 is 2.76 bits per heavy atom. The Balaban J connectivity index is 1.87. The third-order valence-electron chi connectivity index (χ3n) is 3.70. The fourth-order valence-electron chi connectivity index (χ4n) is 2.99. The number of ether oxygens (including phenoxy) is 1. The Labute approximate surface area is 103 Å². The molecule has 0 aromatic rings. The fourth-order valence-corrected chi connectivity index (χ4v) is 2.99. The molecule has 1 saturated heterocycles. The largest absolute Gasteiger partial charge is 0.444 e. The van der Waals surface area contributed by atoms with Gasteiger partial charge in [-0.05, 0) is 52.0 Å². The molecule has 0 aromatic heterocycles. The van der Waals surface area contributed by atoms with E-state index in [1.807, 2.05) is 20.8 Å². The summed E-state index contributed by atoms with van der Waals surface area (Å²) >= 11 is 0. The lowest BCUT2D eigenvalue weighted by molar-refractivity contribution is 0.0461. The van der Waals surface area contributed by atoms with E-state index in [0.29, 0.717) is 12.0 Å². The van der Waals surface area contributed by atoms with Crippen molar-refractivity contribution in [2.24, 2.45) is 11.8 Å². The highest BCUT2D eigenvalue weighted by Crippen LogP contribution is 2.32. The Morgan fingerprint density at radius 1 is 1.29 bits per heavy atom. The van der Waals surface area contributed by atoms with Gasteiger partial charge in [-0.2, -0.15) is 0 Å². The number of hydrogen-bond donors (Lipinski definition) is 2. The maximum absolute atomic E-state index is 11.8. The van der Waals surface area contributed by atoms with E-state index in [1.165, 1.54) is 12.8 Å². The zero-order chi connectivity index (χ0) is 12.5. The van der Waals surface area contributed by atoms with Crippen molar-refractivity contribution in [3.63, 3.8) is 0 Å². The van der Waals surface area contributed by atoms with Crippen LogP contribution in [0.25, 0.3) is 0 Å². The van der Waals surface area contributed by atoms with Gasteiger partial charge in [-0.15, -0.1) is 0 Å². The van der Waals surface area contributed by atoms with Crippen LogP contribution in [0.4, 0.5) is 4.79 Å². The number of carbonyl (C=O) groups is 1. The zero-order valence-corrected chi connectivity index (χ0v) is 11.1. The quantitative estimate of drug-likeness (QED) is 0.736. The summed E-state index contributed by atoms with van der Waals surface area (Å²) in [5.41, 5.74) is -0.411. The van der Waals surface area contributed by atoms with Crippen molar-refractivity contribution in [3.05, 3.63) is 0 Å². The monoisotopic (exact) mass is 240 g/mol. The minimum atomic E-state index is -0.411. The number of rotatable bonds is 1. The normalized spacial score (nSPS) is 33.0. The summed E-state index contributed by atoms with van der Waals surface area (Å²) in [6.45, 7) is 7.83. The average Bonchev–Trinajstić information content (AvgIpc) is 2.63. The number of amides is 1. The summed E-state index contributed by atoms with van der Waals surface area (Å²) in [6.07, 6.45) is 3.32. The predicted octanol–water partition coefficient (Wildman–Crippen LogP) is 1.90. The molecule has 3 atom stereocenters. The molecule has 1 heterocycles. The second-order valence-electron chi connectivity index (χ2n) is 6.27. The van der Waals surface area contributed by atoms with Crippen molar-refractivity contribution >= 4 is 6.09 Å². The molecule has 2 N–H and O–H groups in total. The second kappa shape index (κ2) is 4.84. The van der Waals surface area contributed by atoms with Crippen LogP contribution >= 0.6 is 0 Å². The number of carbonyl (C=O) groups excluding carboxylic acids is 1. The molecule has 2 aliphatic rings. The van der Waals surface area contributed by atoms with Gasteiger partial charge in [0.1, 0.15) is 5.60 Å². The van der Waals surface area contributed by atoms with Crippen LogP contribution in [-0.2, 0) is 4.74 Å². The van der Waals surface area contributed by atoms with Crippen molar-refractivity contribution in [2.45, 2.75) is 51.7 Å². The van der Waals surface area contributed by atoms with Gasteiger partial charge in [-0.1, -0.05) is 6.42 Å². The van der Waals surface area contributed by atoms with Crippen molar-refractivity contribution in [1.29, 1.82) is 0 Å². The molecule has 1 aliphatic heterocycles. The highest BCUT2D eigenvalue weighted by atomic mass is 16.6. The van der Waals surface area contributed by atoms with E-state index in [-0.39, 0.29) is 6.09 Å². The molecular formula is C13H24N2O2.